The molecule has 0 fully saturated rings. The molecular formula is C13H15BrN2O5. The van der Waals surface area contributed by atoms with Crippen molar-refractivity contribution in [2.75, 3.05) is 6.54 Å². The molecule has 0 atom stereocenters. The van der Waals surface area contributed by atoms with Crippen LogP contribution in [0.3, 0.4) is 0 Å². The number of unbranched alkanes of at least 4 members (excludes halogenated alkanes) is 2. The molecule has 0 spiro atoms. The molecule has 0 radical (unpaired) electrons. The van der Waals surface area contributed by atoms with E-state index < -0.39 is 16.8 Å². The number of carbonyl (C=O) groups is 2. The lowest BCUT2D eigenvalue weighted by Crippen LogP contribution is -2.24. The first-order valence-electron chi connectivity index (χ1n) is 6.35. The summed E-state index contributed by atoms with van der Waals surface area (Å²) >= 11 is 3.18. The van der Waals surface area contributed by atoms with Gasteiger partial charge in [0.1, 0.15) is 0 Å². The molecule has 2 N–H and O–H groups in total. The standard InChI is InChI=1S/C13H15BrN2O5/c14-11-6-5-9(16(20)21)8-10(11)13(19)15-7-3-1-2-4-12(17)18/h5-6,8H,1-4,7H2,(H,15,19)(H,17,18). The lowest BCUT2D eigenvalue weighted by Gasteiger charge is -2.06. The lowest BCUT2D eigenvalue weighted by molar-refractivity contribution is -0.384. The Balaban J connectivity index is 2.47. The molecule has 1 aromatic carbocycles. The van der Waals surface area contributed by atoms with Crippen LogP contribution in [0.15, 0.2) is 22.7 Å². The smallest absolute Gasteiger partial charge is 0.303 e. The second-order valence-corrected chi connectivity index (χ2v) is 5.24. The predicted octanol–water partition coefficient (Wildman–Crippen LogP) is 2.73. The number of carbonyl (C=O) groups excluding carboxylic acids is 1. The summed E-state index contributed by atoms with van der Waals surface area (Å²) < 4.78 is 0.483. The van der Waals surface area contributed by atoms with Gasteiger partial charge in [-0.25, -0.2) is 0 Å². The molecular weight excluding hydrogens is 344 g/mol. The summed E-state index contributed by atoms with van der Waals surface area (Å²) in [6, 6.07) is 3.98. The fraction of sp³-hybridized carbons (Fsp3) is 0.385. The zero-order valence-electron chi connectivity index (χ0n) is 11.2. The second kappa shape index (κ2) is 8.35. The minimum Gasteiger partial charge on any atom is -0.481 e. The van der Waals surface area contributed by atoms with E-state index in [9.17, 15) is 19.7 Å². The summed E-state index contributed by atoms with van der Waals surface area (Å²) in [6.45, 7) is 0.396. The highest BCUT2D eigenvalue weighted by Crippen LogP contribution is 2.22. The van der Waals surface area contributed by atoms with Crippen molar-refractivity contribution in [2.24, 2.45) is 0 Å². The molecule has 1 rings (SSSR count). The number of carboxylic acid groups (broad SMARTS) is 1. The summed E-state index contributed by atoms with van der Waals surface area (Å²) in [6.07, 6.45) is 2.03. The molecule has 7 nitrogen and oxygen atoms in total. The van der Waals surface area contributed by atoms with Crippen LogP contribution in [0.5, 0.6) is 0 Å². The molecule has 0 aliphatic carbocycles. The van der Waals surface area contributed by atoms with Gasteiger partial charge in [-0.2, -0.15) is 0 Å². The molecule has 0 bridgehead atoms. The number of aliphatic carboxylic acids is 1. The van der Waals surface area contributed by atoms with E-state index in [4.69, 9.17) is 5.11 Å². The number of hydrogen-bond acceptors (Lipinski definition) is 4. The van der Waals surface area contributed by atoms with Crippen molar-refractivity contribution in [1.29, 1.82) is 0 Å². The van der Waals surface area contributed by atoms with Crippen LogP contribution in [0.1, 0.15) is 36.0 Å². The Hall–Kier alpha value is -1.96. The first-order chi connectivity index (χ1) is 9.91. The molecule has 0 unspecified atom stereocenters. The normalized spacial score (nSPS) is 10.1. The molecule has 1 aromatic rings. The van der Waals surface area contributed by atoms with E-state index in [0.29, 0.717) is 30.3 Å². The van der Waals surface area contributed by atoms with Crippen LogP contribution in [-0.2, 0) is 4.79 Å². The topological polar surface area (TPSA) is 110 Å². The summed E-state index contributed by atoms with van der Waals surface area (Å²) in [4.78, 5) is 32.4. The number of nitro benzene ring substituents is 1. The van der Waals surface area contributed by atoms with E-state index >= 15 is 0 Å². The van der Waals surface area contributed by atoms with Crippen molar-refractivity contribution >= 4 is 33.5 Å². The van der Waals surface area contributed by atoms with E-state index in [1.54, 1.807) is 0 Å². The molecule has 0 saturated carbocycles. The van der Waals surface area contributed by atoms with Gasteiger partial charge in [0.15, 0.2) is 0 Å². The lowest BCUT2D eigenvalue weighted by atomic mass is 10.1. The molecule has 0 aromatic heterocycles. The third-order valence-electron chi connectivity index (χ3n) is 2.76. The van der Waals surface area contributed by atoms with Gasteiger partial charge >= 0.3 is 5.97 Å². The zero-order chi connectivity index (χ0) is 15.8. The van der Waals surface area contributed by atoms with Crippen molar-refractivity contribution in [3.05, 3.63) is 38.3 Å². The average molecular weight is 359 g/mol. The minimum atomic E-state index is -0.834. The van der Waals surface area contributed by atoms with Crippen molar-refractivity contribution < 1.29 is 19.6 Å². The van der Waals surface area contributed by atoms with Crippen molar-refractivity contribution in [3.8, 4) is 0 Å². The minimum absolute atomic E-state index is 0.115. The van der Waals surface area contributed by atoms with Crippen LogP contribution >= 0.6 is 15.9 Å². The summed E-state index contributed by atoms with van der Waals surface area (Å²) in [7, 11) is 0. The molecule has 21 heavy (non-hydrogen) atoms. The number of benzene rings is 1. The van der Waals surface area contributed by atoms with Gasteiger partial charge in [0, 0.05) is 29.6 Å². The number of amides is 1. The predicted molar refractivity (Wildman–Crippen MR) is 79.2 cm³/mol. The van der Waals surface area contributed by atoms with E-state index in [-0.39, 0.29) is 17.7 Å². The largest absolute Gasteiger partial charge is 0.481 e. The van der Waals surface area contributed by atoms with E-state index in [0.717, 1.165) is 0 Å². The van der Waals surface area contributed by atoms with Crippen molar-refractivity contribution in [2.45, 2.75) is 25.7 Å². The Kier molecular flexibility index (Phi) is 6.80. The van der Waals surface area contributed by atoms with Crippen LogP contribution in [0, 0.1) is 10.1 Å². The Morgan fingerprint density at radius 2 is 2.00 bits per heavy atom. The number of nitro groups is 1. The number of nitrogens with one attached hydrogen (secondary N) is 1. The first kappa shape index (κ1) is 17.1. The molecule has 0 heterocycles. The average Bonchev–Trinajstić information content (AvgIpc) is 2.42. The van der Waals surface area contributed by atoms with E-state index in [2.05, 4.69) is 21.2 Å². The highest BCUT2D eigenvalue weighted by atomic mass is 79.9. The summed E-state index contributed by atoms with van der Waals surface area (Å²) in [5, 5.41) is 21.8. The van der Waals surface area contributed by atoms with Gasteiger partial charge in [-0.05, 0) is 34.8 Å². The maximum atomic E-state index is 11.9. The van der Waals surface area contributed by atoms with Crippen LogP contribution in [0.25, 0.3) is 0 Å². The molecule has 114 valence electrons. The highest BCUT2D eigenvalue weighted by Gasteiger charge is 2.15. The monoisotopic (exact) mass is 358 g/mol. The Morgan fingerprint density at radius 3 is 2.62 bits per heavy atom. The molecule has 8 heteroatoms. The third-order valence-corrected chi connectivity index (χ3v) is 3.45. The Morgan fingerprint density at radius 1 is 1.29 bits per heavy atom. The number of non-ortho nitro benzene ring substituents is 1. The van der Waals surface area contributed by atoms with Gasteiger partial charge < -0.3 is 10.4 Å². The molecule has 1 amide bonds. The second-order valence-electron chi connectivity index (χ2n) is 4.38. The van der Waals surface area contributed by atoms with Gasteiger partial charge in [0.2, 0.25) is 0 Å². The van der Waals surface area contributed by atoms with Gasteiger partial charge in [0.05, 0.1) is 10.5 Å². The van der Waals surface area contributed by atoms with E-state index in [1.807, 2.05) is 0 Å². The zero-order valence-corrected chi connectivity index (χ0v) is 12.8. The van der Waals surface area contributed by atoms with Gasteiger partial charge in [-0.1, -0.05) is 6.42 Å². The van der Waals surface area contributed by atoms with Crippen LogP contribution in [-0.4, -0.2) is 28.5 Å². The van der Waals surface area contributed by atoms with E-state index in [1.165, 1.54) is 18.2 Å². The highest BCUT2D eigenvalue weighted by molar-refractivity contribution is 9.10. The molecule has 0 saturated heterocycles. The SMILES string of the molecule is O=C(O)CCCCCNC(=O)c1cc([N+](=O)[O-])ccc1Br. The van der Waals surface area contributed by atoms with Gasteiger partial charge in [-0.3, -0.25) is 19.7 Å². The molecule has 0 aliphatic heterocycles. The van der Waals surface area contributed by atoms with Crippen LogP contribution < -0.4 is 5.32 Å². The number of hydrogen-bond donors (Lipinski definition) is 2. The Labute approximate surface area is 129 Å². The van der Waals surface area contributed by atoms with Crippen LogP contribution in [0.4, 0.5) is 5.69 Å². The van der Waals surface area contributed by atoms with Gasteiger partial charge in [-0.15, -0.1) is 0 Å². The molecule has 0 aliphatic rings. The first-order valence-corrected chi connectivity index (χ1v) is 7.15. The Bertz CT molecular complexity index is 547. The number of carboxylic acids is 1. The maximum absolute atomic E-state index is 11.9. The maximum Gasteiger partial charge on any atom is 0.303 e. The van der Waals surface area contributed by atoms with Crippen molar-refractivity contribution in [3.63, 3.8) is 0 Å². The summed E-state index contributed by atoms with van der Waals surface area (Å²) in [5.74, 6) is -1.23. The van der Waals surface area contributed by atoms with Gasteiger partial charge in [0.25, 0.3) is 11.6 Å². The summed E-state index contributed by atoms with van der Waals surface area (Å²) in [5.41, 5.74) is 0.0551. The number of rotatable bonds is 8. The number of halogens is 1. The fourth-order valence-corrected chi connectivity index (χ4v) is 2.10. The third kappa shape index (κ3) is 5.90. The van der Waals surface area contributed by atoms with Crippen LogP contribution in [0.2, 0.25) is 0 Å². The fourth-order valence-electron chi connectivity index (χ4n) is 1.68. The number of nitrogens with zero attached hydrogens (tertiary/aromatic N) is 1. The quantitative estimate of drug-likeness (QED) is 0.421. The van der Waals surface area contributed by atoms with Crippen molar-refractivity contribution in [1.82, 2.24) is 5.32 Å².